The predicted molar refractivity (Wildman–Crippen MR) is 81.8 cm³/mol. The van der Waals surface area contributed by atoms with Gasteiger partial charge in [-0.25, -0.2) is 18.4 Å². The van der Waals surface area contributed by atoms with E-state index in [1.165, 1.54) is 0 Å². The van der Waals surface area contributed by atoms with Crippen LogP contribution in [0.2, 0.25) is 0 Å². The molecule has 0 aliphatic carbocycles. The standard InChI is InChI=1S/C14H26N2O5S/c1-13(2,3)21-12(17)16-7-4-14(5-8-16)6-9-20-11(14)10-22(15,18)19/h11H,4-10H2,1-3H3,(H2,15,18,19). The molecule has 0 bridgehead atoms. The van der Waals surface area contributed by atoms with E-state index in [0.29, 0.717) is 32.5 Å². The highest BCUT2D eigenvalue weighted by atomic mass is 32.2. The molecule has 2 aliphatic rings. The molecular formula is C14H26N2O5S. The lowest BCUT2D eigenvalue weighted by Gasteiger charge is -2.41. The zero-order chi connectivity index (χ0) is 16.6. The van der Waals surface area contributed by atoms with Crippen LogP contribution in [0.3, 0.4) is 0 Å². The third-order valence-electron chi connectivity index (χ3n) is 4.40. The average molecular weight is 334 g/mol. The Morgan fingerprint density at radius 2 is 1.91 bits per heavy atom. The minimum Gasteiger partial charge on any atom is -0.444 e. The molecule has 0 aromatic carbocycles. The molecule has 2 saturated heterocycles. The Hall–Kier alpha value is -0.860. The Balaban J connectivity index is 1.97. The van der Waals surface area contributed by atoms with E-state index in [2.05, 4.69) is 0 Å². The van der Waals surface area contributed by atoms with Gasteiger partial charge >= 0.3 is 6.09 Å². The second-order valence-corrected chi connectivity index (χ2v) is 8.93. The minimum absolute atomic E-state index is 0.153. The zero-order valence-corrected chi connectivity index (χ0v) is 14.3. The first-order valence-corrected chi connectivity index (χ1v) is 9.32. The molecule has 2 fully saturated rings. The Kier molecular flexibility index (Phi) is 4.75. The van der Waals surface area contributed by atoms with Gasteiger partial charge in [-0.05, 0) is 40.0 Å². The van der Waals surface area contributed by atoms with Gasteiger partial charge in [-0.3, -0.25) is 0 Å². The van der Waals surface area contributed by atoms with Crippen LogP contribution in [-0.4, -0.2) is 56.6 Å². The molecule has 2 aliphatic heterocycles. The Morgan fingerprint density at radius 1 is 1.32 bits per heavy atom. The van der Waals surface area contributed by atoms with Crippen molar-refractivity contribution in [1.29, 1.82) is 0 Å². The minimum atomic E-state index is -3.57. The van der Waals surface area contributed by atoms with E-state index < -0.39 is 15.6 Å². The average Bonchev–Trinajstić information content (AvgIpc) is 2.68. The van der Waals surface area contributed by atoms with Crippen LogP contribution in [0.15, 0.2) is 0 Å². The topological polar surface area (TPSA) is 98.9 Å². The summed E-state index contributed by atoms with van der Waals surface area (Å²) in [6, 6.07) is 0. The molecule has 0 aromatic heterocycles. The number of ether oxygens (including phenoxy) is 2. The fourth-order valence-electron chi connectivity index (χ4n) is 3.21. The number of primary sulfonamides is 1. The Bertz CT molecular complexity index is 518. The number of hydrogen-bond donors (Lipinski definition) is 1. The molecule has 128 valence electrons. The van der Waals surface area contributed by atoms with Crippen LogP contribution in [0.25, 0.3) is 0 Å². The zero-order valence-electron chi connectivity index (χ0n) is 13.5. The van der Waals surface area contributed by atoms with Crippen LogP contribution in [0.1, 0.15) is 40.0 Å². The summed E-state index contributed by atoms with van der Waals surface area (Å²) >= 11 is 0. The molecule has 1 atom stereocenters. The summed E-state index contributed by atoms with van der Waals surface area (Å²) in [4.78, 5) is 13.8. The fraction of sp³-hybridized carbons (Fsp3) is 0.929. The maximum Gasteiger partial charge on any atom is 0.410 e. The molecule has 0 radical (unpaired) electrons. The van der Waals surface area contributed by atoms with E-state index in [1.807, 2.05) is 20.8 Å². The van der Waals surface area contributed by atoms with Crippen molar-refractivity contribution in [1.82, 2.24) is 4.90 Å². The summed E-state index contributed by atoms with van der Waals surface area (Å²) in [5, 5.41) is 5.16. The van der Waals surface area contributed by atoms with Crippen LogP contribution in [0, 0.1) is 5.41 Å². The maximum absolute atomic E-state index is 12.1. The number of nitrogens with two attached hydrogens (primary N) is 1. The van der Waals surface area contributed by atoms with Crippen molar-refractivity contribution in [2.45, 2.75) is 51.7 Å². The SMILES string of the molecule is CC(C)(C)OC(=O)N1CCC2(CCOC2CS(N)(=O)=O)CC1. The van der Waals surface area contributed by atoms with Crippen LogP contribution >= 0.6 is 0 Å². The lowest BCUT2D eigenvalue weighted by molar-refractivity contribution is -0.00528. The first-order chi connectivity index (χ1) is 10.0. The second kappa shape index (κ2) is 5.98. The first-order valence-electron chi connectivity index (χ1n) is 7.61. The third-order valence-corrected chi connectivity index (χ3v) is 5.16. The number of nitrogens with zero attached hydrogens (tertiary/aromatic N) is 1. The van der Waals surface area contributed by atoms with E-state index in [-0.39, 0.29) is 23.4 Å². The van der Waals surface area contributed by atoms with Crippen molar-refractivity contribution in [2.75, 3.05) is 25.4 Å². The summed E-state index contributed by atoms with van der Waals surface area (Å²) in [6.45, 7) is 7.17. The molecule has 2 N–H and O–H groups in total. The van der Waals surface area contributed by atoms with E-state index in [4.69, 9.17) is 14.6 Å². The molecule has 8 heteroatoms. The summed E-state index contributed by atoms with van der Waals surface area (Å²) in [5.41, 5.74) is -0.705. The van der Waals surface area contributed by atoms with Crippen molar-refractivity contribution >= 4 is 16.1 Å². The van der Waals surface area contributed by atoms with Gasteiger partial charge in [0.2, 0.25) is 10.0 Å². The van der Waals surface area contributed by atoms with Gasteiger partial charge < -0.3 is 14.4 Å². The normalized spacial score (nSPS) is 25.5. The molecular weight excluding hydrogens is 308 g/mol. The van der Waals surface area contributed by atoms with Gasteiger partial charge in [-0.2, -0.15) is 0 Å². The quantitative estimate of drug-likeness (QED) is 0.815. The van der Waals surface area contributed by atoms with E-state index in [9.17, 15) is 13.2 Å². The van der Waals surface area contributed by atoms with E-state index in [0.717, 1.165) is 6.42 Å². The van der Waals surface area contributed by atoms with Crippen molar-refractivity contribution in [3.05, 3.63) is 0 Å². The first kappa shape index (κ1) is 17.5. The lowest BCUT2D eigenvalue weighted by atomic mass is 9.73. The number of hydrogen-bond acceptors (Lipinski definition) is 5. The number of amides is 1. The van der Waals surface area contributed by atoms with E-state index >= 15 is 0 Å². The van der Waals surface area contributed by atoms with Gasteiger partial charge in [0.25, 0.3) is 0 Å². The van der Waals surface area contributed by atoms with Crippen molar-refractivity contribution < 1.29 is 22.7 Å². The molecule has 1 spiro atoms. The van der Waals surface area contributed by atoms with Crippen molar-refractivity contribution in [3.63, 3.8) is 0 Å². The highest BCUT2D eigenvalue weighted by Crippen LogP contribution is 2.44. The summed E-state index contributed by atoms with van der Waals surface area (Å²) in [7, 11) is -3.57. The Labute approximate surface area is 132 Å². The number of carbonyl (C=O) groups is 1. The van der Waals surface area contributed by atoms with Gasteiger partial charge in [0, 0.05) is 25.1 Å². The number of carbonyl (C=O) groups excluding carboxylic acids is 1. The van der Waals surface area contributed by atoms with Gasteiger partial charge in [0.05, 0.1) is 11.9 Å². The smallest absolute Gasteiger partial charge is 0.410 e. The lowest BCUT2D eigenvalue weighted by Crippen LogP contribution is -2.49. The maximum atomic E-state index is 12.1. The molecule has 22 heavy (non-hydrogen) atoms. The van der Waals surface area contributed by atoms with Crippen LogP contribution < -0.4 is 5.14 Å². The fourth-order valence-corrected chi connectivity index (χ4v) is 4.08. The van der Waals surface area contributed by atoms with Gasteiger partial charge in [0.15, 0.2) is 0 Å². The summed E-state index contributed by atoms with van der Waals surface area (Å²) in [5.74, 6) is -0.153. The van der Waals surface area contributed by atoms with Crippen LogP contribution in [0.5, 0.6) is 0 Å². The molecule has 1 unspecified atom stereocenters. The number of piperidine rings is 1. The monoisotopic (exact) mass is 334 g/mol. The number of likely N-dealkylation sites (tertiary alicyclic amines) is 1. The molecule has 2 rings (SSSR count). The van der Waals surface area contributed by atoms with Crippen molar-refractivity contribution in [3.8, 4) is 0 Å². The second-order valence-electron chi connectivity index (χ2n) is 7.27. The highest BCUT2D eigenvalue weighted by Gasteiger charge is 2.48. The summed E-state index contributed by atoms with van der Waals surface area (Å²) < 4.78 is 33.7. The van der Waals surface area contributed by atoms with Crippen LogP contribution in [-0.2, 0) is 19.5 Å². The highest BCUT2D eigenvalue weighted by molar-refractivity contribution is 7.89. The van der Waals surface area contributed by atoms with Gasteiger partial charge in [0.1, 0.15) is 5.60 Å². The number of sulfonamides is 1. The van der Waals surface area contributed by atoms with Gasteiger partial charge in [-0.1, -0.05) is 0 Å². The molecule has 1 amide bonds. The predicted octanol–water partition coefficient (Wildman–Crippen LogP) is 1.08. The van der Waals surface area contributed by atoms with Crippen molar-refractivity contribution in [2.24, 2.45) is 10.6 Å². The molecule has 0 saturated carbocycles. The third kappa shape index (κ3) is 4.33. The summed E-state index contributed by atoms with van der Waals surface area (Å²) in [6.07, 6.45) is 1.56. The largest absolute Gasteiger partial charge is 0.444 e. The number of rotatable bonds is 2. The molecule has 2 heterocycles. The Morgan fingerprint density at radius 3 is 2.41 bits per heavy atom. The molecule has 7 nitrogen and oxygen atoms in total. The van der Waals surface area contributed by atoms with E-state index in [1.54, 1.807) is 4.90 Å². The van der Waals surface area contributed by atoms with Crippen LogP contribution in [0.4, 0.5) is 4.79 Å². The van der Waals surface area contributed by atoms with Gasteiger partial charge in [-0.15, -0.1) is 0 Å². The molecule has 0 aromatic rings.